The van der Waals surface area contributed by atoms with E-state index in [1.165, 1.54) is 19.2 Å². The van der Waals surface area contributed by atoms with Crippen molar-refractivity contribution in [3.05, 3.63) is 29.6 Å². The summed E-state index contributed by atoms with van der Waals surface area (Å²) in [5.41, 5.74) is -0.473. The van der Waals surface area contributed by atoms with Crippen LogP contribution >= 0.6 is 0 Å². The third-order valence-corrected chi connectivity index (χ3v) is 4.30. The Morgan fingerprint density at radius 2 is 1.82 bits per heavy atom. The van der Waals surface area contributed by atoms with Gasteiger partial charge in [-0.3, -0.25) is 9.59 Å². The van der Waals surface area contributed by atoms with Crippen LogP contribution in [0.25, 0.3) is 0 Å². The van der Waals surface area contributed by atoms with Crippen molar-refractivity contribution in [2.24, 2.45) is 5.92 Å². The number of Topliss-reactive ketones (excluding diaryl/α,β-unsaturated/α-hetero) is 1. The molecule has 0 radical (unpaired) electrons. The Kier molecular flexibility index (Phi) is 6.99. The van der Waals surface area contributed by atoms with E-state index in [4.69, 9.17) is 14.2 Å². The minimum atomic E-state index is -0.658. The van der Waals surface area contributed by atoms with Gasteiger partial charge in [0.1, 0.15) is 5.60 Å². The van der Waals surface area contributed by atoms with Crippen LogP contribution in [-0.4, -0.2) is 55.2 Å². The van der Waals surface area contributed by atoms with E-state index in [9.17, 15) is 18.8 Å². The molecule has 1 aliphatic heterocycles. The monoisotopic (exact) mass is 395 g/mol. The fourth-order valence-corrected chi connectivity index (χ4v) is 2.80. The molecule has 7 nitrogen and oxygen atoms in total. The molecule has 2 rings (SSSR count). The van der Waals surface area contributed by atoms with Crippen molar-refractivity contribution in [2.75, 3.05) is 26.8 Å². The lowest BCUT2D eigenvalue weighted by Gasteiger charge is -2.32. The molecule has 1 fully saturated rings. The molecule has 154 valence electrons. The first-order valence-corrected chi connectivity index (χ1v) is 9.12. The predicted octanol–water partition coefficient (Wildman–Crippen LogP) is 3.21. The molecule has 0 bridgehead atoms. The Morgan fingerprint density at radius 3 is 2.36 bits per heavy atom. The Morgan fingerprint density at radius 1 is 1.18 bits per heavy atom. The number of ketones is 1. The van der Waals surface area contributed by atoms with E-state index in [2.05, 4.69) is 0 Å². The van der Waals surface area contributed by atoms with Crippen molar-refractivity contribution >= 4 is 17.8 Å². The number of piperidine rings is 1. The first-order valence-electron chi connectivity index (χ1n) is 9.12. The highest BCUT2D eigenvalue weighted by Crippen LogP contribution is 2.21. The van der Waals surface area contributed by atoms with E-state index in [1.54, 1.807) is 25.7 Å². The van der Waals surface area contributed by atoms with Crippen molar-refractivity contribution in [3.63, 3.8) is 0 Å². The van der Waals surface area contributed by atoms with Crippen molar-refractivity contribution in [3.8, 4) is 5.75 Å². The summed E-state index contributed by atoms with van der Waals surface area (Å²) in [6, 6.07) is 3.81. The normalized spacial score (nSPS) is 15.1. The van der Waals surface area contributed by atoms with Gasteiger partial charge < -0.3 is 19.1 Å². The fourth-order valence-electron chi connectivity index (χ4n) is 2.80. The summed E-state index contributed by atoms with van der Waals surface area (Å²) in [5, 5.41) is 0. The SMILES string of the molecule is COc1ccc(C(=O)COC(=O)C2CCN(C(=O)OC(C)(C)C)CC2)cc1F. The third kappa shape index (κ3) is 5.94. The van der Waals surface area contributed by atoms with Crippen LogP contribution in [0.4, 0.5) is 9.18 Å². The van der Waals surface area contributed by atoms with Crippen LogP contribution in [0.2, 0.25) is 0 Å². The molecule has 0 N–H and O–H groups in total. The number of esters is 1. The number of benzene rings is 1. The highest BCUT2D eigenvalue weighted by molar-refractivity contribution is 5.98. The molecule has 0 spiro atoms. The highest BCUT2D eigenvalue weighted by atomic mass is 19.1. The molecule has 0 saturated carbocycles. The number of methoxy groups -OCH3 is 1. The number of hydrogen-bond donors (Lipinski definition) is 0. The number of nitrogens with zero attached hydrogens (tertiary/aromatic N) is 1. The largest absolute Gasteiger partial charge is 0.494 e. The predicted molar refractivity (Wildman–Crippen MR) is 98.8 cm³/mol. The molecule has 1 aliphatic rings. The lowest BCUT2D eigenvalue weighted by Crippen LogP contribution is -2.43. The van der Waals surface area contributed by atoms with Gasteiger partial charge in [-0.25, -0.2) is 9.18 Å². The van der Waals surface area contributed by atoms with Gasteiger partial charge in [-0.1, -0.05) is 0 Å². The van der Waals surface area contributed by atoms with E-state index < -0.39 is 35.9 Å². The van der Waals surface area contributed by atoms with Crippen LogP contribution < -0.4 is 4.74 Å². The van der Waals surface area contributed by atoms with Crippen molar-refractivity contribution in [1.82, 2.24) is 4.90 Å². The number of amides is 1. The number of carbonyl (C=O) groups excluding carboxylic acids is 3. The first kappa shape index (κ1) is 21.7. The summed E-state index contributed by atoms with van der Waals surface area (Å²) < 4.78 is 28.9. The smallest absolute Gasteiger partial charge is 0.410 e. The molecule has 1 amide bonds. The number of hydrogen-bond acceptors (Lipinski definition) is 6. The molecule has 0 aliphatic carbocycles. The lowest BCUT2D eigenvalue weighted by atomic mass is 9.97. The minimum Gasteiger partial charge on any atom is -0.494 e. The molecule has 0 unspecified atom stereocenters. The second-order valence-corrected chi connectivity index (χ2v) is 7.62. The number of carbonyl (C=O) groups is 3. The Labute approximate surface area is 163 Å². The van der Waals surface area contributed by atoms with Crippen LogP contribution in [-0.2, 0) is 14.3 Å². The van der Waals surface area contributed by atoms with Crippen LogP contribution in [0.3, 0.4) is 0 Å². The van der Waals surface area contributed by atoms with E-state index >= 15 is 0 Å². The molecule has 0 atom stereocenters. The maximum atomic E-state index is 13.7. The van der Waals surface area contributed by atoms with Gasteiger partial charge >= 0.3 is 12.1 Å². The van der Waals surface area contributed by atoms with Crippen LogP contribution in [0, 0.1) is 11.7 Å². The average molecular weight is 395 g/mol. The summed E-state index contributed by atoms with van der Waals surface area (Å²) in [6.45, 7) is 5.68. The van der Waals surface area contributed by atoms with Gasteiger partial charge in [0, 0.05) is 18.7 Å². The number of likely N-dealkylation sites (tertiary alicyclic amines) is 1. The van der Waals surface area contributed by atoms with Gasteiger partial charge in [-0.05, 0) is 51.8 Å². The average Bonchev–Trinajstić information content (AvgIpc) is 2.64. The number of rotatable bonds is 5. The molecular weight excluding hydrogens is 369 g/mol. The molecule has 8 heteroatoms. The zero-order chi connectivity index (χ0) is 20.9. The van der Waals surface area contributed by atoms with Gasteiger partial charge in [-0.15, -0.1) is 0 Å². The van der Waals surface area contributed by atoms with Crippen LogP contribution in [0.1, 0.15) is 44.0 Å². The van der Waals surface area contributed by atoms with Gasteiger partial charge in [0.25, 0.3) is 0 Å². The molecule has 1 aromatic carbocycles. The summed E-state index contributed by atoms with van der Waals surface area (Å²) in [7, 11) is 1.33. The van der Waals surface area contributed by atoms with Gasteiger partial charge in [-0.2, -0.15) is 0 Å². The molecular formula is C20H26FNO6. The van der Waals surface area contributed by atoms with E-state index in [-0.39, 0.29) is 17.2 Å². The highest BCUT2D eigenvalue weighted by Gasteiger charge is 2.31. The summed E-state index contributed by atoms with van der Waals surface area (Å²) in [5.74, 6) is -2.01. The number of ether oxygens (including phenoxy) is 3. The zero-order valence-electron chi connectivity index (χ0n) is 16.6. The summed E-state index contributed by atoms with van der Waals surface area (Å²) in [6.07, 6.45) is 0.461. The fraction of sp³-hybridized carbons (Fsp3) is 0.550. The van der Waals surface area contributed by atoms with E-state index in [0.29, 0.717) is 25.9 Å². The lowest BCUT2D eigenvalue weighted by molar-refractivity contribution is -0.149. The topological polar surface area (TPSA) is 82.1 Å². The standard InChI is InChI=1S/C20H26FNO6/c1-20(2,3)28-19(25)22-9-7-13(8-10-22)18(24)27-12-16(23)14-5-6-17(26-4)15(21)11-14/h5-6,11,13H,7-10,12H2,1-4H3. The summed E-state index contributed by atoms with van der Waals surface area (Å²) >= 11 is 0. The second-order valence-electron chi connectivity index (χ2n) is 7.62. The van der Waals surface area contributed by atoms with Crippen LogP contribution in [0.15, 0.2) is 18.2 Å². The molecule has 1 aromatic rings. The van der Waals surface area contributed by atoms with Crippen molar-refractivity contribution in [2.45, 2.75) is 39.2 Å². The quantitative estimate of drug-likeness (QED) is 0.562. The zero-order valence-corrected chi connectivity index (χ0v) is 16.6. The summed E-state index contributed by atoms with van der Waals surface area (Å²) in [4.78, 5) is 37.9. The maximum Gasteiger partial charge on any atom is 0.410 e. The molecule has 1 saturated heterocycles. The first-order chi connectivity index (χ1) is 13.1. The maximum absolute atomic E-state index is 13.7. The van der Waals surface area contributed by atoms with Crippen LogP contribution in [0.5, 0.6) is 5.75 Å². The van der Waals surface area contributed by atoms with Crippen molar-refractivity contribution < 1.29 is 33.0 Å². The van der Waals surface area contributed by atoms with E-state index in [0.717, 1.165) is 6.07 Å². The second kappa shape index (κ2) is 9.03. The minimum absolute atomic E-state index is 0.0327. The molecule has 0 aromatic heterocycles. The Balaban J connectivity index is 1.80. The van der Waals surface area contributed by atoms with E-state index in [1.807, 2.05) is 0 Å². The molecule has 28 heavy (non-hydrogen) atoms. The van der Waals surface area contributed by atoms with Gasteiger partial charge in [0.15, 0.2) is 24.0 Å². The Bertz CT molecular complexity index is 735. The Hall–Kier alpha value is -2.64. The number of halogens is 1. The third-order valence-electron chi connectivity index (χ3n) is 4.30. The van der Waals surface area contributed by atoms with Crippen molar-refractivity contribution in [1.29, 1.82) is 0 Å². The van der Waals surface area contributed by atoms with Gasteiger partial charge in [0.2, 0.25) is 0 Å². The molecule has 1 heterocycles. The van der Waals surface area contributed by atoms with Gasteiger partial charge in [0.05, 0.1) is 13.0 Å².